The zero-order chi connectivity index (χ0) is 17.7. The summed E-state index contributed by atoms with van der Waals surface area (Å²) < 4.78 is 21.7. The van der Waals surface area contributed by atoms with Crippen molar-refractivity contribution in [1.82, 2.24) is 0 Å². The van der Waals surface area contributed by atoms with Crippen LogP contribution in [0.5, 0.6) is 5.75 Å². The lowest BCUT2D eigenvalue weighted by molar-refractivity contribution is 0.415. The molecule has 0 heterocycles. The molecule has 0 saturated carbocycles. The normalized spacial score (nSPS) is 13.2. The monoisotopic (exact) mass is 340 g/mol. The Morgan fingerprint density at radius 1 is 1.04 bits per heavy atom. The molecule has 0 bridgehead atoms. The van der Waals surface area contributed by atoms with Crippen LogP contribution in [0, 0.1) is 11.3 Å². The number of methoxy groups -OCH3 is 1. The van der Waals surface area contributed by atoms with Crippen LogP contribution in [0.1, 0.15) is 37.5 Å². The molecule has 0 aliphatic rings. The molecule has 2 aromatic rings. The third kappa shape index (κ3) is 4.30. The zero-order valence-corrected chi connectivity index (χ0v) is 15.1. The Kier molecular flexibility index (Phi) is 5.53. The van der Waals surface area contributed by atoms with E-state index in [1.54, 1.807) is 19.2 Å². The molecule has 0 spiro atoms. The van der Waals surface area contributed by atoms with Crippen molar-refractivity contribution in [2.24, 2.45) is 4.40 Å². The highest BCUT2D eigenvalue weighted by atomic mass is 32.2. The van der Waals surface area contributed by atoms with Crippen LogP contribution in [-0.4, -0.2) is 21.8 Å². The lowest BCUT2D eigenvalue weighted by Crippen LogP contribution is -2.21. The molecule has 1 atom stereocenters. The summed E-state index contributed by atoms with van der Waals surface area (Å²) in [6.07, 6.45) is 0. The van der Waals surface area contributed by atoms with Gasteiger partial charge < -0.3 is 4.74 Å². The Morgan fingerprint density at radius 3 is 1.96 bits per heavy atom. The van der Waals surface area contributed by atoms with E-state index in [0.29, 0.717) is 11.3 Å². The Labute approximate surface area is 145 Å². The van der Waals surface area contributed by atoms with Gasteiger partial charge in [-0.05, 0) is 57.2 Å². The minimum Gasteiger partial charge on any atom is -0.497 e. The highest BCUT2D eigenvalue weighted by Crippen LogP contribution is 2.20. The summed E-state index contributed by atoms with van der Waals surface area (Å²) in [6.45, 7) is 5.66. The lowest BCUT2D eigenvalue weighted by atomic mass is 10.0. The zero-order valence-electron chi connectivity index (χ0n) is 14.2. The van der Waals surface area contributed by atoms with E-state index in [0.717, 1.165) is 16.9 Å². The van der Waals surface area contributed by atoms with E-state index in [4.69, 9.17) is 10.00 Å². The Morgan fingerprint density at radius 2 is 1.54 bits per heavy atom. The summed E-state index contributed by atoms with van der Waals surface area (Å²) in [6, 6.07) is 16.7. The second-order valence-electron chi connectivity index (χ2n) is 6.22. The first-order valence-electron chi connectivity index (χ1n) is 7.51. The van der Waals surface area contributed by atoms with Crippen molar-refractivity contribution in [3.05, 3.63) is 65.2 Å². The van der Waals surface area contributed by atoms with Crippen molar-refractivity contribution < 1.29 is 8.95 Å². The molecule has 24 heavy (non-hydrogen) atoms. The second kappa shape index (κ2) is 7.41. The molecule has 0 N–H and O–H groups in total. The number of ether oxygens (including phenoxy) is 1. The fourth-order valence-electron chi connectivity index (χ4n) is 1.94. The number of nitriles is 1. The van der Waals surface area contributed by atoms with Crippen molar-refractivity contribution in [2.45, 2.75) is 25.5 Å². The quantitative estimate of drug-likeness (QED) is 0.794. The van der Waals surface area contributed by atoms with E-state index in [-0.39, 0.29) is 0 Å². The number of benzene rings is 2. The molecular weight excluding hydrogens is 320 g/mol. The Hall–Kier alpha value is -2.45. The van der Waals surface area contributed by atoms with Crippen LogP contribution in [0.3, 0.4) is 0 Å². The molecule has 124 valence electrons. The average Bonchev–Trinajstić information content (AvgIpc) is 2.59. The fourth-order valence-corrected chi connectivity index (χ4v) is 2.59. The van der Waals surface area contributed by atoms with E-state index in [1.807, 2.05) is 57.2 Å². The number of hydrogen-bond acceptors (Lipinski definition) is 3. The van der Waals surface area contributed by atoms with Crippen LogP contribution in [0.25, 0.3) is 0 Å². The third-order valence-electron chi connectivity index (χ3n) is 3.35. The maximum Gasteiger partial charge on any atom is 0.145 e. The van der Waals surface area contributed by atoms with Crippen LogP contribution in [0.4, 0.5) is 0 Å². The van der Waals surface area contributed by atoms with Gasteiger partial charge in [-0.3, -0.25) is 0 Å². The van der Waals surface area contributed by atoms with E-state index >= 15 is 0 Å². The molecule has 0 aromatic heterocycles. The van der Waals surface area contributed by atoms with E-state index in [9.17, 15) is 4.21 Å². The third-order valence-corrected chi connectivity index (χ3v) is 4.75. The maximum absolute atomic E-state index is 12.5. The lowest BCUT2D eigenvalue weighted by Gasteiger charge is -2.16. The summed E-state index contributed by atoms with van der Waals surface area (Å²) in [5.41, 5.74) is 2.87. The van der Waals surface area contributed by atoms with Crippen molar-refractivity contribution >= 4 is 16.7 Å². The standard InChI is InChI=1S/C19H20N2O2S/c1-19(2,3)24(22)21-18(15-7-5-14(13-20)6-8-15)16-9-11-17(23-4)12-10-16/h5-12H,1-4H3/b21-18+. The molecule has 0 amide bonds. The summed E-state index contributed by atoms with van der Waals surface area (Å²) in [5.74, 6) is 0.745. The van der Waals surface area contributed by atoms with Crippen molar-refractivity contribution in [3.8, 4) is 11.8 Å². The molecule has 2 aromatic carbocycles. The molecule has 4 nitrogen and oxygen atoms in total. The first-order valence-corrected chi connectivity index (χ1v) is 8.61. The predicted molar refractivity (Wildman–Crippen MR) is 97.7 cm³/mol. The first kappa shape index (κ1) is 17.9. The van der Waals surface area contributed by atoms with Crippen LogP contribution in [-0.2, 0) is 11.0 Å². The van der Waals surface area contributed by atoms with Gasteiger partial charge in [0, 0.05) is 11.1 Å². The van der Waals surface area contributed by atoms with Crippen LogP contribution in [0.15, 0.2) is 52.9 Å². The van der Waals surface area contributed by atoms with Crippen molar-refractivity contribution in [1.29, 1.82) is 5.26 Å². The van der Waals surface area contributed by atoms with Crippen LogP contribution in [0.2, 0.25) is 0 Å². The van der Waals surface area contributed by atoms with Crippen LogP contribution >= 0.6 is 0 Å². The molecule has 1 unspecified atom stereocenters. The van der Waals surface area contributed by atoms with Crippen molar-refractivity contribution in [2.75, 3.05) is 7.11 Å². The number of rotatable bonds is 4. The predicted octanol–water partition coefficient (Wildman–Crippen LogP) is 3.87. The molecule has 0 fully saturated rings. The van der Waals surface area contributed by atoms with E-state index in [1.165, 1.54) is 0 Å². The summed E-state index contributed by atoms with van der Waals surface area (Å²) in [7, 11) is 0.219. The Bertz CT molecular complexity index is 795. The molecule has 0 aliphatic carbocycles. The van der Waals surface area contributed by atoms with Gasteiger partial charge in [0.25, 0.3) is 0 Å². The van der Waals surface area contributed by atoms with Gasteiger partial charge in [-0.1, -0.05) is 12.1 Å². The molecule has 0 radical (unpaired) electrons. The van der Waals surface area contributed by atoms with Gasteiger partial charge in [0.05, 0.1) is 29.2 Å². The highest BCUT2D eigenvalue weighted by Gasteiger charge is 2.21. The second-order valence-corrected chi connectivity index (χ2v) is 8.12. The largest absolute Gasteiger partial charge is 0.497 e. The minimum atomic E-state index is -1.39. The molecule has 5 heteroatoms. The van der Waals surface area contributed by atoms with Crippen LogP contribution < -0.4 is 4.74 Å². The SMILES string of the molecule is COc1ccc(/C(=N/S(=O)C(C)(C)C)c2ccc(C#N)cc2)cc1. The van der Waals surface area contributed by atoms with E-state index < -0.39 is 15.7 Å². The van der Waals surface area contributed by atoms with Gasteiger partial charge in [0.1, 0.15) is 16.7 Å². The first-order chi connectivity index (χ1) is 11.3. The summed E-state index contributed by atoms with van der Waals surface area (Å²) in [4.78, 5) is 0. The summed E-state index contributed by atoms with van der Waals surface area (Å²) >= 11 is 0. The molecule has 0 aliphatic heterocycles. The number of nitrogens with zero attached hydrogens (tertiary/aromatic N) is 2. The van der Waals surface area contributed by atoms with Gasteiger partial charge in [0.15, 0.2) is 0 Å². The van der Waals surface area contributed by atoms with Gasteiger partial charge in [-0.25, -0.2) is 4.21 Å². The molecule has 2 rings (SSSR count). The maximum atomic E-state index is 12.5. The minimum absolute atomic E-state index is 0.454. The smallest absolute Gasteiger partial charge is 0.145 e. The Balaban J connectivity index is 2.53. The van der Waals surface area contributed by atoms with Crippen molar-refractivity contribution in [3.63, 3.8) is 0 Å². The number of hydrogen-bond donors (Lipinski definition) is 0. The van der Waals surface area contributed by atoms with Gasteiger partial charge in [0.2, 0.25) is 0 Å². The molecule has 0 saturated heterocycles. The highest BCUT2D eigenvalue weighted by molar-refractivity contribution is 7.85. The summed E-state index contributed by atoms with van der Waals surface area (Å²) in [5, 5.41) is 8.95. The van der Waals surface area contributed by atoms with Gasteiger partial charge >= 0.3 is 0 Å². The van der Waals surface area contributed by atoms with Gasteiger partial charge in [-0.15, -0.1) is 0 Å². The molecular formula is C19H20N2O2S. The van der Waals surface area contributed by atoms with Gasteiger partial charge in [-0.2, -0.15) is 9.66 Å². The average molecular weight is 340 g/mol. The fraction of sp³-hybridized carbons (Fsp3) is 0.263. The topological polar surface area (TPSA) is 62.4 Å². The van der Waals surface area contributed by atoms with E-state index in [2.05, 4.69) is 10.5 Å².